The largest absolute Gasteiger partial charge is 2.00 e. The first-order chi connectivity index (χ1) is 2.64. The molecule has 0 aromatic rings. The molecule has 0 aliphatic carbocycles. The van der Waals surface area contributed by atoms with Crippen LogP contribution in [0.5, 0.6) is 0 Å². The molecule has 0 heterocycles. The van der Waals surface area contributed by atoms with E-state index in [0.29, 0.717) is 0 Å². The zero-order valence-corrected chi connectivity index (χ0v) is 11.3. The molecule has 0 amide bonds. The summed E-state index contributed by atoms with van der Waals surface area (Å²) in [6, 6.07) is 0. The van der Waals surface area contributed by atoms with Crippen molar-refractivity contribution in [3.63, 3.8) is 0 Å². The van der Waals surface area contributed by atoms with E-state index in [-0.39, 0.29) is 84.4 Å². The van der Waals surface area contributed by atoms with Gasteiger partial charge >= 0.3 is 60.8 Å². The first kappa shape index (κ1) is 16.3. The predicted octanol–water partition coefficient (Wildman–Crippen LogP) is -1.00. The maximum absolute atomic E-state index is 9.10. The van der Waals surface area contributed by atoms with Crippen LogP contribution in [0.4, 0.5) is 0 Å². The van der Waals surface area contributed by atoms with Gasteiger partial charge in [-0.15, -0.1) is 0 Å². The summed E-state index contributed by atoms with van der Waals surface area (Å²) in [4.78, 5) is 18.2. The second-order valence-corrected chi connectivity index (χ2v) is 0.610. The van der Waals surface area contributed by atoms with Gasteiger partial charge in [0.2, 0.25) is 0 Å². The van der Waals surface area contributed by atoms with E-state index < -0.39 is 11.9 Å². The van der Waals surface area contributed by atoms with Gasteiger partial charge in [0.1, 0.15) is 0 Å². The maximum atomic E-state index is 9.10. The number of carboxylic acids is 2. The summed E-state index contributed by atoms with van der Waals surface area (Å²) < 4.78 is 0. The summed E-state index contributed by atoms with van der Waals surface area (Å²) >= 11 is 0. The summed E-state index contributed by atoms with van der Waals surface area (Å²) in [6.07, 6.45) is 0. The van der Waals surface area contributed by atoms with E-state index in [1.807, 2.05) is 0 Å². The van der Waals surface area contributed by atoms with Crippen molar-refractivity contribution in [1.29, 1.82) is 0 Å². The quantitative estimate of drug-likeness (QED) is 0.444. The van der Waals surface area contributed by atoms with Crippen molar-refractivity contribution in [3.05, 3.63) is 0 Å². The molecule has 6 heteroatoms. The van der Waals surface area contributed by atoms with Crippen molar-refractivity contribution in [3.8, 4) is 0 Å². The molecule has 0 bridgehead atoms. The second kappa shape index (κ2) is 8.62. The van der Waals surface area contributed by atoms with Crippen molar-refractivity contribution in [2.75, 3.05) is 0 Å². The molecule has 0 atom stereocenters. The molecule has 0 aromatic carbocycles. The van der Waals surface area contributed by atoms with Crippen LogP contribution in [0.2, 0.25) is 0 Å². The molecule has 0 saturated carbocycles. The molecule has 4 nitrogen and oxygen atoms in total. The molecule has 0 aromatic heterocycles. The number of carboxylic acid groups (broad SMARTS) is 2. The molecule has 0 aliphatic heterocycles. The number of aliphatic carboxylic acids is 2. The molecule has 0 fully saturated rings. The van der Waals surface area contributed by atoms with Crippen LogP contribution >= 0.6 is 0 Å². The van der Waals surface area contributed by atoms with Crippen LogP contribution in [0.15, 0.2) is 0 Å². The van der Waals surface area contributed by atoms with E-state index in [0.717, 1.165) is 0 Å². The second-order valence-electron chi connectivity index (χ2n) is 0.610. The third-order valence-corrected chi connectivity index (χ3v) is 0.183. The monoisotopic (exact) mass is 319 g/mol. The van der Waals surface area contributed by atoms with Crippen LogP contribution in [0.1, 0.15) is 2.85 Å². The molecule has 2 N–H and O–H groups in total. The molecular formula is C2H4BaO4Y. The third-order valence-electron chi connectivity index (χ3n) is 0.183. The molecule has 0 aliphatic rings. The third kappa shape index (κ3) is 10.6. The van der Waals surface area contributed by atoms with E-state index in [1.54, 1.807) is 0 Å². The van der Waals surface area contributed by atoms with Gasteiger partial charge in [-0.25, -0.2) is 9.59 Å². The molecule has 0 unspecified atom stereocenters. The normalized spacial score (nSPS) is 5.50. The number of hydrogen-bond donors (Lipinski definition) is 2. The number of carbonyl (C=O) groups is 2. The number of rotatable bonds is 0. The van der Waals surface area contributed by atoms with E-state index in [2.05, 4.69) is 0 Å². The average Bonchev–Trinajstić information content (AvgIpc) is 1.36. The topological polar surface area (TPSA) is 74.6 Å². The number of hydrogen-bond acceptors (Lipinski definition) is 2. The van der Waals surface area contributed by atoms with Gasteiger partial charge in [0.05, 0.1) is 0 Å². The van der Waals surface area contributed by atoms with Gasteiger partial charge < -0.3 is 13.1 Å². The van der Waals surface area contributed by atoms with Crippen molar-refractivity contribution < 1.29 is 55.4 Å². The Labute approximate surface area is 114 Å². The Morgan fingerprint density at radius 1 is 1.12 bits per heavy atom. The molecule has 41 valence electrons. The Hall–Kier alpha value is 1.62. The maximum Gasteiger partial charge on any atom is 2.00 e. The molecular weight excluding hydrogens is 314 g/mol. The fourth-order valence-electron chi connectivity index (χ4n) is 0. The standard InChI is InChI=1S/C2H2O4.Ba.Y.2H/c3-1(4)2(5)6;;;;/h(H,3,4)(H,5,6);;;;/q;+2;;2*-1. The van der Waals surface area contributed by atoms with Crippen LogP contribution in [0.25, 0.3) is 0 Å². The zero-order valence-electron chi connectivity index (χ0n) is 6.00. The Kier molecular flexibility index (Phi) is 17.6. The zero-order chi connectivity index (χ0) is 5.15. The van der Waals surface area contributed by atoms with Gasteiger partial charge in [0.15, 0.2) is 0 Å². The fourth-order valence-corrected chi connectivity index (χ4v) is 0. The van der Waals surface area contributed by atoms with E-state index in [1.165, 1.54) is 0 Å². The van der Waals surface area contributed by atoms with Crippen LogP contribution in [-0.2, 0) is 42.3 Å². The predicted molar refractivity (Wildman–Crippen MR) is 23.2 cm³/mol. The summed E-state index contributed by atoms with van der Waals surface area (Å²) in [7, 11) is 0. The summed E-state index contributed by atoms with van der Waals surface area (Å²) in [5.74, 6) is -3.65. The van der Waals surface area contributed by atoms with E-state index >= 15 is 0 Å². The summed E-state index contributed by atoms with van der Waals surface area (Å²) in [5.41, 5.74) is 0. The minimum absolute atomic E-state index is 0. The Morgan fingerprint density at radius 3 is 1.25 bits per heavy atom. The first-order valence-electron chi connectivity index (χ1n) is 1.11. The van der Waals surface area contributed by atoms with Gasteiger partial charge in [-0.05, 0) is 0 Å². The molecule has 8 heavy (non-hydrogen) atoms. The Bertz CT molecular complexity index is 87.3. The molecule has 0 saturated heterocycles. The first-order valence-corrected chi connectivity index (χ1v) is 1.11. The minimum atomic E-state index is -1.82. The molecule has 1 radical (unpaired) electrons. The SMILES string of the molecule is O=C(O)C(=O)O.[Ba+2].[H-].[H-].[Y]. The smallest absolute Gasteiger partial charge is 1.00 e. The van der Waals surface area contributed by atoms with Crippen LogP contribution < -0.4 is 0 Å². The van der Waals surface area contributed by atoms with Gasteiger partial charge in [-0.2, -0.15) is 0 Å². The molecule has 0 rings (SSSR count). The van der Waals surface area contributed by atoms with Crippen molar-refractivity contribution >= 4 is 60.8 Å². The van der Waals surface area contributed by atoms with Gasteiger partial charge in [-0.3, -0.25) is 0 Å². The van der Waals surface area contributed by atoms with Crippen LogP contribution in [0, 0.1) is 0 Å². The Balaban J connectivity index is -0.0000000208. The minimum Gasteiger partial charge on any atom is -1.00 e. The van der Waals surface area contributed by atoms with Gasteiger partial charge in [-0.1, -0.05) is 0 Å². The van der Waals surface area contributed by atoms with Crippen molar-refractivity contribution in [2.45, 2.75) is 0 Å². The van der Waals surface area contributed by atoms with Crippen LogP contribution in [-0.4, -0.2) is 71.0 Å². The molecule has 0 spiro atoms. The van der Waals surface area contributed by atoms with Crippen molar-refractivity contribution in [1.82, 2.24) is 0 Å². The van der Waals surface area contributed by atoms with E-state index in [4.69, 9.17) is 19.8 Å². The summed E-state index contributed by atoms with van der Waals surface area (Å²) in [6.45, 7) is 0. The van der Waals surface area contributed by atoms with E-state index in [9.17, 15) is 0 Å². The average molecular weight is 318 g/mol. The fraction of sp³-hybridized carbons (Fsp3) is 0. The van der Waals surface area contributed by atoms with Gasteiger partial charge in [0, 0.05) is 32.7 Å². The van der Waals surface area contributed by atoms with Crippen molar-refractivity contribution in [2.24, 2.45) is 0 Å². The Morgan fingerprint density at radius 2 is 1.25 bits per heavy atom. The van der Waals surface area contributed by atoms with Gasteiger partial charge in [0.25, 0.3) is 0 Å². The van der Waals surface area contributed by atoms with Crippen LogP contribution in [0.3, 0.4) is 0 Å². The summed E-state index contributed by atoms with van der Waals surface area (Å²) in [5, 5.41) is 14.8.